The Balaban J connectivity index is 0.0000000991. The topological polar surface area (TPSA) is 0 Å². The summed E-state index contributed by atoms with van der Waals surface area (Å²) in [5.74, 6) is 0. The maximum absolute atomic E-state index is 2.38. The number of hydrogen-bond donors (Lipinski definition) is 0. The molecule has 0 nitrogen and oxygen atoms in total. The molecule has 29 rings (SSSR count). The van der Waals surface area contributed by atoms with E-state index in [1.54, 1.807) is 0 Å². The van der Waals surface area contributed by atoms with Gasteiger partial charge in [-0.1, -0.05) is 558 Å². The lowest BCUT2D eigenvalue weighted by atomic mass is 9.80. The summed E-state index contributed by atoms with van der Waals surface area (Å²) < 4.78 is 0. The van der Waals surface area contributed by atoms with Crippen LogP contribution in [0.25, 0.3) is 273 Å². The van der Waals surface area contributed by atoms with Gasteiger partial charge in [0.15, 0.2) is 0 Å². The van der Waals surface area contributed by atoms with Crippen LogP contribution in [-0.2, 0) is 0 Å². The Bertz CT molecular complexity index is 9860. The van der Waals surface area contributed by atoms with Crippen molar-refractivity contribution < 1.29 is 0 Å². The van der Waals surface area contributed by atoms with E-state index in [2.05, 4.69) is 582 Å². The molecule has 0 saturated carbocycles. The fraction of sp³-hybridized carbons (Fsp3) is 0. The summed E-state index contributed by atoms with van der Waals surface area (Å²) in [6, 6.07) is 211. The second-order valence-electron chi connectivity index (χ2n) is 38.0. The number of rotatable bonds is 11. The predicted octanol–water partition coefficient (Wildman–Crippen LogP) is 41.2. The number of benzene rings is 29. The molecule has 0 radical (unpaired) electrons. The number of hydrogen-bond acceptors (Lipinski definition) is 0. The molecule has 0 atom stereocenters. The zero-order valence-electron chi connectivity index (χ0n) is 80.4. The molecule has 0 aromatic heterocycles. The second-order valence-corrected chi connectivity index (χ2v) is 38.0. The maximum atomic E-state index is 2.38. The van der Waals surface area contributed by atoms with Gasteiger partial charge in [-0.05, 0) is 297 Å². The lowest BCUT2D eigenvalue weighted by Crippen LogP contribution is -1.95. The van der Waals surface area contributed by atoms with Crippen LogP contribution in [-0.4, -0.2) is 0 Å². The summed E-state index contributed by atoms with van der Waals surface area (Å²) in [6.45, 7) is 0. The van der Waals surface area contributed by atoms with E-state index in [1.807, 2.05) is 0 Å². The van der Waals surface area contributed by atoms with Crippen molar-refractivity contribution in [2.75, 3.05) is 0 Å². The molecule has 29 aromatic rings. The van der Waals surface area contributed by atoms with E-state index in [0.717, 1.165) is 0 Å². The fourth-order valence-corrected chi connectivity index (χ4v) is 23.4. The van der Waals surface area contributed by atoms with Crippen molar-refractivity contribution in [2.24, 2.45) is 0 Å². The van der Waals surface area contributed by atoms with Crippen molar-refractivity contribution in [3.63, 3.8) is 0 Å². The van der Waals surface area contributed by atoms with Crippen LogP contribution in [0.4, 0.5) is 0 Å². The lowest BCUT2D eigenvalue weighted by molar-refractivity contribution is 1.62. The molecule has 0 aliphatic rings. The highest BCUT2D eigenvalue weighted by Gasteiger charge is 2.27. The van der Waals surface area contributed by atoms with Crippen LogP contribution in [0.2, 0.25) is 0 Å². The van der Waals surface area contributed by atoms with E-state index in [0.29, 0.717) is 0 Å². The Morgan fingerprint density at radius 2 is 0.281 bits per heavy atom. The molecule has 146 heavy (non-hydrogen) atoms. The molecule has 0 fully saturated rings. The Labute approximate surface area is 849 Å². The zero-order chi connectivity index (χ0) is 96.7. The van der Waals surface area contributed by atoms with Gasteiger partial charge >= 0.3 is 0 Å². The van der Waals surface area contributed by atoms with E-state index < -0.39 is 0 Å². The highest BCUT2D eigenvalue weighted by Crippen LogP contribution is 2.55. The van der Waals surface area contributed by atoms with Crippen LogP contribution in [0.3, 0.4) is 0 Å². The van der Waals surface area contributed by atoms with Gasteiger partial charge in [0.1, 0.15) is 0 Å². The third-order valence-corrected chi connectivity index (χ3v) is 29.7. The van der Waals surface area contributed by atoms with Gasteiger partial charge in [-0.25, -0.2) is 0 Å². The molecular weight excluding hydrogens is 1750 g/mol. The molecule has 0 bridgehead atoms. The van der Waals surface area contributed by atoms with E-state index >= 15 is 0 Å². The Morgan fingerprint density at radius 1 is 0.0685 bits per heavy atom. The molecule has 0 saturated heterocycles. The zero-order valence-corrected chi connectivity index (χ0v) is 80.4. The van der Waals surface area contributed by atoms with Crippen molar-refractivity contribution in [1.82, 2.24) is 0 Å². The van der Waals surface area contributed by atoms with Crippen LogP contribution in [0, 0.1) is 0 Å². The predicted molar refractivity (Wildman–Crippen MR) is 631 cm³/mol. The smallest absolute Gasteiger partial charge is 0.000786 e. The first-order chi connectivity index (χ1) is 72.5. The van der Waals surface area contributed by atoms with Crippen molar-refractivity contribution in [2.45, 2.75) is 0 Å². The monoisotopic (exact) mass is 1850 g/mol. The van der Waals surface area contributed by atoms with Gasteiger partial charge in [0.05, 0.1) is 0 Å². The second kappa shape index (κ2) is 38.2. The van der Waals surface area contributed by atoms with Crippen LogP contribution < -0.4 is 0 Å². The Morgan fingerprint density at radius 3 is 0.644 bits per heavy atom. The normalized spacial score (nSPS) is 11.4. The fourth-order valence-electron chi connectivity index (χ4n) is 23.4. The summed E-state index contributed by atoms with van der Waals surface area (Å²) in [4.78, 5) is 0. The van der Waals surface area contributed by atoms with E-state index in [9.17, 15) is 0 Å². The molecule has 0 aliphatic carbocycles. The van der Waals surface area contributed by atoms with Crippen molar-refractivity contribution in [3.8, 4) is 122 Å². The molecule has 0 spiro atoms. The van der Waals surface area contributed by atoms with Crippen molar-refractivity contribution in [3.05, 3.63) is 582 Å². The first-order valence-corrected chi connectivity index (χ1v) is 50.6. The van der Waals surface area contributed by atoms with E-state index in [-0.39, 0.29) is 0 Å². The summed E-state index contributed by atoms with van der Waals surface area (Å²) in [6.07, 6.45) is 0. The third kappa shape index (κ3) is 15.7. The molecule has 0 amide bonds. The highest BCUT2D eigenvalue weighted by molar-refractivity contribution is 6.32. The minimum atomic E-state index is 1.23. The first-order valence-electron chi connectivity index (χ1n) is 50.6. The van der Waals surface area contributed by atoms with Gasteiger partial charge in [-0.2, -0.15) is 0 Å². The van der Waals surface area contributed by atoms with Crippen molar-refractivity contribution >= 4 is 151 Å². The SMILES string of the molecule is c1ccc(-c2c3ccccc3c(-c3c(-c4ccccc4)c4ccccc4c4ccccc34)c3ccccc23)cc1.c1ccc(-c2c3ccccc3c(-c3cc4ccccc4c4ccccc34)c3ccccc23)cc1.c1ccc(-c2c3ccccc3c(-c3cccc(-c4ccc5ccccc5c4)c3)c3ccccc23)cc1.c1ccc(-c2c3ccccc3c(-c3ccccc3-c3ccc4ccccc4c3)c3ccccc23)cc1. The highest BCUT2D eigenvalue weighted by atomic mass is 14.3. The summed E-state index contributed by atoms with van der Waals surface area (Å²) >= 11 is 0. The molecule has 0 heteroatoms. The molecule has 0 N–H and O–H groups in total. The third-order valence-electron chi connectivity index (χ3n) is 29.7. The Hall–Kier alpha value is -19.0. The average molecular weight is 1850 g/mol. The van der Waals surface area contributed by atoms with E-state index in [4.69, 9.17) is 0 Å². The van der Waals surface area contributed by atoms with Crippen LogP contribution >= 0.6 is 0 Å². The summed E-state index contributed by atoms with van der Waals surface area (Å²) in [7, 11) is 0. The van der Waals surface area contributed by atoms with Gasteiger partial charge in [-0.3, -0.25) is 0 Å². The molecule has 0 aliphatic heterocycles. The van der Waals surface area contributed by atoms with Gasteiger partial charge < -0.3 is 0 Å². The Kier molecular flexibility index (Phi) is 22.8. The molecule has 0 heterocycles. The van der Waals surface area contributed by atoms with Crippen LogP contribution in [0.15, 0.2) is 582 Å². The summed E-state index contributed by atoms with van der Waals surface area (Å²) in [5, 5.41) is 35.9. The minimum absolute atomic E-state index is 1.23. The largest absolute Gasteiger partial charge is 0.0622 e. The van der Waals surface area contributed by atoms with Crippen LogP contribution in [0.1, 0.15) is 0 Å². The molecular formula is C146H96. The van der Waals surface area contributed by atoms with Gasteiger partial charge in [0.25, 0.3) is 0 Å². The van der Waals surface area contributed by atoms with Gasteiger partial charge in [0, 0.05) is 0 Å². The number of fused-ring (bicyclic) bond motifs is 16. The molecule has 680 valence electrons. The standard InChI is InChI=1S/C40H26.2C36H24.C34H22/c1-3-15-27(16-4-1)37-33-23-11-13-25-35(33)39(36-26-14-12-24-34(36)37)40-32-22-10-8-20-30(32)29-19-7-9-21-31(29)38(40)28-17-5-2-6-18-28;1-2-12-26(13-3-1)35-31-17-6-8-19-33(31)36(34-20-9-7-18-32(34)35)30-16-10-15-28(24-30)29-22-21-25-11-4-5-14-27(25)23-29;1-2-13-26(14-3-1)35-31-18-8-10-20-33(31)36(34-21-11-9-19-32(34)35)30-17-7-6-16-29(30)28-23-22-25-12-4-5-15-27(25)24-28;1-2-12-23(13-3-1)33-28-18-8-10-20-30(28)34(31-21-11-9-19-29(31)33)32-22-24-14-4-5-15-25(24)26-16-6-7-17-27(26)32/h1-26H;2*1-24H;1-22H. The minimum Gasteiger partial charge on any atom is -0.0622 e. The average Bonchev–Trinajstić information content (AvgIpc) is 0.710. The maximum Gasteiger partial charge on any atom is -0.000786 e. The van der Waals surface area contributed by atoms with Gasteiger partial charge in [-0.15, -0.1) is 0 Å². The summed E-state index contributed by atoms with van der Waals surface area (Å²) in [5.41, 5.74) is 28.0. The molecule has 0 unspecified atom stereocenters. The quantitative estimate of drug-likeness (QED) is 0.0894. The van der Waals surface area contributed by atoms with Crippen molar-refractivity contribution in [1.29, 1.82) is 0 Å². The van der Waals surface area contributed by atoms with Crippen LogP contribution in [0.5, 0.6) is 0 Å². The van der Waals surface area contributed by atoms with E-state index in [1.165, 1.54) is 273 Å². The van der Waals surface area contributed by atoms with Gasteiger partial charge in [0.2, 0.25) is 0 Å². The first kappa shape index (κ1) is 87.3. The lowest BCUT2D eigenvalue weighted by Gasteiger charge is -2.23. The molecule has 29 aromatic carbocycles.